The molecule has 20 heavy (non-hydrogen) atoms. The van der Waals surface area contributed by atoms with Crippen LogP contribution in [0.5, 0.6) is 0 Å². The van der Waals surface area contributed by atoms with E-state index in [1.807, 2.05) is 0 Å². The minimum Gasteiger partial charge on any atom is -0.312 e. The Morgan fingerprint density at radius 3 is 2.50 bits per heavy atom. The van der Waals surface area contributed by atoms with Crippen molar-refractivity contribution in [2.45, 2.75) is 47.1 Å². The number of aromatic nitrogens is 1. The van der Waals surface area contributed by atoms with Crippen molar-refractivity contribution in [1.82, 2.24) is 10.3 Å². The molecule has 0 unspecified atom stereocenters. The minimum atomic E-state index is 0.463. The van der Waals surface area contributed by atoms with Gasteiger partial charge in [-0.25, -0.2) is 0 Å². The molecular weight excluding hydrogens is 244 g/mol. The second-order valence-electron chi connectivity index (χ2n) is 6.41. The molecule has 0 amide bonds. The summed E-state index contributed by atoms with van der Waals surface area (Å²) in [5.41, 5.74) is 4.95. The van der Waals surface area contributed by atoms with Crippen LogP contribution in [0.4, 0.5) is 0 Å². The van der Waals surface area contributed by atoms with Crippen LogP contribution >= 0.6 is 0 Å². The van der Waals surface area contributed by atoms with Gasteiger partial charge in [0.25, 0.3) is 0 Å². The molecule has 0 bridgehead atoms. The summed E-state index contributed by atoms with van der Waals surface area (Å²) in [5.74, 6) is 1.14. The van der Waals surface area contributed by atoms with Crippen molar-refractivity contribution in [1.29, 1.82) is 0 Å². The largest absolute Gasteiger partial charge is 0.312 e. The normalized spacial score (nSPS) is 11.8. The number of hydrogen-bond donors (Lipinski definition) is 1. The minimum absolute atomic E-state index is 0.463. The first-order valence-corrected chi connectivity index (χ1v) is 7.58. The maximum absolute atomic E-state index is 4.79. The Morgan fingerprint density at radius 2 is 1.85 bits per heavy atom. The van der Waals surface area contributed by atoms with E-state index < -0.39 is 0 Å². The topological polar surface area (TPSA) is 24.9 Å². The van der Waals surface area contributed by atoms with Crippen LogP contribution in [-0.4, -0.2) is 11.5 Å². The van der Waals surface area contributed by atoms with Crippen LogP contribution in [0.2, 0.25) is 0 Å². The predicted molar refractivity (Wildman–Crippen MR) is 87.1 cm³/mol. The first-order valence-electron chi connectivity index (χ1n) is 7.58. The second-order valence-corrected chi connectivity index (χ2v) is 6.41. The highest BCUT2D eigenvalue weighted by atomic mass is 14.9. The lowest BCUT2D eigenvalue weighted by atomic mass is 10.0. The molecule has 0 radical (unpaired) electrons. The number of nitrogens with zero attached hydrogens (tertiary/aromatic N) is 1. The van der Waals surface area contributed by atoms with Gasteiger partial charge in [0.15, 0.2) is 0 Å². The fourth-order valence-corrected chi connectivity index (χ4v) is 2.37. The monoisotopic (exact) mass is 270 g/mol. The predicted octanol–water partition coefficient (Wildman–Crippen LogP) is 4.41. The van der Waals surface area contributed by atoms with Gasteiger partial charge in [-0.05, 0) is 49.1 Å². The number of benzene rings is 1. The van der Waals surface area contributed by atoms with Gasteiger partial charge < -0.3 is 5.32 Å². The van der Waals surface area contributed by atoms with Crippen molar-refractivity contribution in [3.05, 3.63) is 41.1 Å². The SMILES string of the molecule is Cc1ccc2nc(C(C)C)cc(CNCC(C)C)c2c1. The molecule has 2 heteroatoms. The van der Waals surface area contributed by atoms with E-state index in [-0.39, 0.29) is 0 Å². The van der Waals surface area contributed by atoms with E-state index in [9.17, 15) is 0 Å². The maximum atomic E-state index is 4.79. The summed E-state index contributed by atoms with van der Waals surface area (Å²) in [6, 6.07) is 8.80. The quantitative estimate of drug-likeness (QED) is 0.870. The zero-order chi connectivity index (χ0) is 14.7. The molecule has 1 aromatic heterocycles. The number of nitrogens with one attached hydrogen (secondary N) is 1. The fourth-order valence-electron chi connectivity index (χ4n) is 2.37. The van der Waals surface area contributed by atoms with Crippen LogP contribution in [0.1, 0.15) is 50.4 Å². The summed E-state index contributed by atoms with van der Waals surface area (Å²) in [6.07, 6.45) is 0. The Labute approximate surface area is 122 Å². The van der Waals surface area contributed by atoms with Crippen LogP contribution in [0.15, 0.2) is 24.3 Å². The molecule has 0 saturated heterocycles. The van der Waals surface area contributed by atoms with Crippen LogP contribution in [0.3, 0.4) is 0 Å². The van der Waals surface area contributed by atoms with Gasteiger partial charge in [-0.1, -0.05) is 39.3 Å². The van der Waals surface area contributed by atoms with E-state index >= 15 is 0 Å². The molecule has 0 aliphatic rings. The lowest BCUT2D eigenvalue weighted by Gasteiger charge is -2.14. The average molecular weight is 270 g/mol. The molecule has 0 aliphatic heterocycles. The van der Waals surface area contributed by atoms with E-state index in [1.54, 1.807) is 0 Å². The highest BCUT2D eigenvalue weighted by Crippen LogP contribution is 2.23. The first-order chi connectivity index (χ1) is 9.47. The Hall–Kier alpha value is -1.41. The molecule has 0 spiro atoms. The van der Waals surface area contributed by atoms with Gasteiger partial charge in [0.05, 0.1) is 5.52 Å². The Bertz CT molecular complexity index is 585. The summed E-state index contributed by atoms with van der Waals surface area (Å²) in [7, 11) is 0. The third kappa shape index (κ3) is 3.57. The van der Waals surface area contributed by atoms with Crippen LogP contribution < -0.4 is 5.32 Å². The molecule has 2 rings (SSSR count). The van der Waals surface area contributed by atoms with E-state index in [0.717, 1.165) is 18.6 Å². The van der Waals surface area contributed by atoms with Gasteiger partial charge in [0.2, 0.25) is 0 Å². The molecule has 2 nitrogen and oxygen atoms in total. The number of pyridine rings is 1. The van der Waals surface area contributed by atoms with Gasteiger partial charge in [-0.15, -0.1) is 0 Å². The van der Waals surface area contributed by atoms with Crippen molar-refractivity contribution >= 4 is 10.9 Å². The van der Waals surface area contributed by atoms with Gasteiger partial charge in [-0.3, -0.25) is 4.98 Å². The highest BCUT2D eigenvalue weighted by Gasteiger charge is 2.09. The van der Waals surface area contributed by atoms with Crippen LogP contribution in [-0.2, 0) is 6.54 Å². The zero-order valence-electron chi connectivity index (χ0n) is 13.3. The molecule has 1 N–H and O–H groups in total. The van der Waals surface area contributed by atoms with Crippen LogP contribution in [0, 0.1) is 12.8 Å². The molecule has 1 heterocycles. The maximum Gasteiger partial charge on any atom is 0.0708 e. The van der Waals surface area contributed by atoms with Crippen LogP contribution in [0.25, 0.3) is 10.9 Å². The van der Waals surface area contributed by atoms with E-state index in [2.05, 4.69) is 64.2 Å². The van der Waals surface area contributed by atoms with E-state index in [4.69, 9.17) is 4.98 Å². The molecule has 2 aromatic rings. The third-order valence-corrected chi connectivity index (χ3v) is 3.53. The Morgan fingerprint density at radius 1 is 1.10 bits per heavy atom. The standard InChI is InChI=1S/C18H26N2/c1-12(2)10-19-11-15-9-18(13(3)4)20-17-7-6-14(5)8-16(15)17/h6-9,12-13,19H,10-11H2,1-5H3. The van der Waals surface area contributed by atoms with Gasteiger partial charge in [0.1, 0.15) is 0 Å². The number of hydrogen-bond acceptors (Lipinski definition) is 2. The summed E-state index contributed by atoms with van der Waals surface area (Å²) in [6.45, 7) is 13.0. The molecule has 0 saturated carbocycles. The van der Waals surface area contributed by atoms with Gasteiger partial charge in [0, 0.05) is 17.6 Å². The first kappa shape index (κ1) is 15.0. The number of fused-ring (bicyclic) bond motifs is 1. The number of aryl methyl sites for hydroxylation is 1. The summed E-state index contributed by atoms with van der Waals surface area (Å²) in [5, 5.41) is 4.83. The Balaban J connectivity index is 2.39. The third-order valence-electron chi connectivity index (χ3n) is 3.53. The fraction of sp³-hybridized carbons (Fsp3) is 0.500. The molecule has 0 fully saturated rings. The van der Waals surface area contributed by atoms with Crippen molar-refractivity contribution in [3.8, 4) is 0 Å². The highest BCUT2D eigenvalue weighted by molar-refractivity contribution is 5.83. The summed E-state index contributed by atoms with van der Waals surface area (Å²) < 4.78 is 0. The van der Waals surface area contributed by atoms with Gasteiger partial charge >= 0.3 is 0 Å². The average Bonchev–Trinajstić information content (AvgIpc) is 2.38. The van der Waals surface area contributed by atoms with Crippen molar-refractivity contribution in [2.75, 3.05) is 6.54 Å². The van der Waals surface area contributed by atoms with Crippen molar-refractivity contribution in [3.63, 3.8) is 0 Å². The van der Waals surface area contributed by atoms with Crippen molar-refractivity contribution < 1.29 is 0 Å². The van der Waals surface area contributed by atoms with Gasteiger partial charge in [-0.2, -0.15) is 0 Å². The smallest absolute Gasteiger partial charge is 0.0708 e. The van der Waals surface area contributed by atoms with E-state index in [1.165, 1.54) is 22.2 Å². The molecule has 1 aromatic carbocycles. The zero-order valence-corrected chi connectivity index (χ0v) is 13.3. The molecule has 108 valence electrons. The molecular formula is C18H26N2. The summed E-state index contributed by atoms with van der Waals surface area (Å²) >= 11 is 0. The lowest BCUT2D eigenvalue weighted by molar-refractivity contribution is 0.553. The second kappa shape index (κ2) is 6.36. The summed E-state index contributed by atoms with van der Waals surface area (Å²) in [4.78, 5) is 4.79. The van der Waals surface area contributed by atoms with Crippen molar-refractivity contribution in [2.24, 2.45) is 5.92 Å². The Kier molecular flexibility index (Phi) is 4.77. The van der Waals surface area contributed by atoms with E-state index in [0.29, 0.717) is 11.8 Å². The number of rotatable bonds is 5. The molecule has 0 aliphatic carbocycles. The molecule has 0 atom stereocenters. The lowest BCUT2D eigenvalue weighted by Crippen LogP contribution is -2.19.